The Labute approximate surface area is 115 Å². The molecule has 0 radical (unpaired) electrons. The molecule has 2 aromatic carbocycles. The summed E-state index contributed by atoms with van der Waals surface area (Å²) in [5, 5.41) is 0. The number of benzene rings is 2. The summed E-state index contributed by atoms with van der Waals surface area (Å²) in [6.45, 7) is 6.43. The number of hydrogen-bond acceptors (Lipinski definition) is 2. The Balaban J connectivity index is 2.40. The predicted octanol–water partition coefficient (Wildman–Crippen LogP) is 3.42. The first-order valence-corrected chi connectivity index (χ1v) is 6.77. The Morgan fingerprint density at radius 1 is 1.00 bits per heavy atom. The van der Waals surface area contributed by atoms with Crippen LogP contribution in [0.25, 0.3) is 0 Å². The maximum atomic E-state index is 5.77. The van der Waals surface area contributed by atoms with E-state index in [-0.39, 0.29) is 6.04 Å². The van der Waals surface area contributed by atoms with Crippen LogP contribution in [-0.2, 0) is 6.42 Å². The highest BCUT2D eigenvalue weighted by atomic mass is 15.2. The van der Waals surface area contributed by atoms with Gasteiger partial charge in [0, 0.05) is 0 Å². The van der Waals surface area contributed by atoms with Gasteiger partial charge in [0.15, 0.2) is 0 Å². The zero-order chi connectivity index (χ0) is 13.8. The van der Waals surface area contributed by atoms with E-state index in [1.807, 2.05) is 0 Å². The van der Waals surface area contributed by atoms with Crippen LogP contribution in [0.3, 0.4) is 0 Å². The van der Waals surface area contributed by atoms with Crippen molar-refractivity contribution in [1.29, 1.82) is 0 Å². The number of aryl methyl sites for hydroxylation is 3. The second-order valence-electron chi connectivity index (χ2n) is 5.04. The topological polar surface area (TPSA) is 38.0 Å². The van der Waals surface area contributed by atoms with Gasteiger partial charge in [-0.25, -0.2) is 5.43 Å². The van der Waals surface area contributed by atoms with E-state index in [9.17, 15) is 0 Å². The molecule has 0 aliphatic carbocycles. The highest BCUT2D eigenvalue weighted by Gasteiger charge is 2.13. The minimum atomic E-state index is 0.0470. The molecule has 0 spiro atoms. The molecule has 1 unspecified atom stereocenters. The SMILES string of the molecule is CCc1cccc(C(NN)c2ccc(C)c(C)c2)c1. The van der Waals surface area contributed by atoms with E-state index in [0.29, 0.717) is 0 Å². The van der Waals surface area contributed by atoms with Gasteiger partial charge in [0.25, 0.3) is 0 Å². The fraction of sp³-hybridized carbons (Fsp3) is 0.294. The van der Waals surface area contributed by atoms with E-state index in [0.717, 1.165) is 6.42 Å². The quantitative estimate of drug-likeness (QED) is 0.648. The van der Waals surface area contributed by atoms with E-state index >= 15 is 0 Å². The summed E-state index contributed by atoms with van der Waals surface area (Å²) in [5.74, 6) is 5.77. The third-order valence-corrected chi connectivity index (χ3v) is 3.72. The van der Waals surface area contributed by atoms with Crippen LogP contribution in [0.2, 0.25) is 0 Å². The Morgan fingerprint density at radius 2 is 1.74 bits per heavy atom. The van der Waals surface area contributed by atoms with Crippen molar-refractivity contribution in [2.75, 3.05) is 0 Å². The zero-order valence-corrected chi connectivity index (χ0v) is 11.9. The summed E-state index contributed by atoms with van der Waals surface area (Å²) in [6.07, 6.45) is 1.04. The van der Waals surface area contributed by atoms with Gasteiger partial charge in [0.1, 0.15) is 0 Å². The molecule has 0 heterocycles. The molecular weight excluding hydrogens is 232 g/mol. The van der Waals surface area contributed by atoms with Crippen LogP contribution in [0, 0.1) is 13.8 Å². The van der Waals surface area contributed by atoms with Crippen LogP contribution in [0.15, 0.2) is 42.5 Å². The maximum absolute atomic E-state index is 5.77. The molecule has 0 aliphatic rings. The van der Waals surface area contributed by atoms with E-state index in [1.54, 1.807) is 0 Å². The molecule has 2 aromatic rings. The average molecular weight is 254 g/mol. The van der Waals surface area contributed by atoms with E-state index in [1.165, 1.54) is 27.8 Å². The van der Waals surface area contributed by atoms with Gasteiger partial charge in [0.2, 0.25) is 0 Å². The van der Waals surface area contributed by atoms with Crippen LogP contribution in [-0.4, -0.2) is 0 Å². The highest BCUT2D eigenvalue weighted by molar-refractivity contribution is 5.38. The Morgan fingerprint density at radius 3 is 2.37 bits per heavy atom. The first-order chi connectivity index (χ1) is 9.15. The summed E-state index contributed by atoms with van der Waals surface area (Å²) in [5.41, 5.74) is 9.29. The molecule has 0 saturated heterocycles. The average Bonchev–Trinajstić information content (AvgIpc) is 2.44. The molecule has 0 saturated carbocycles. The smallest absolute Gasteiger partial charge is 0.0710 e. The van der Waals surface area contributed by atoms with Gasteiger partial charge in [-0.3, -0.25) is 5.84 Å². The van der Waals surface area contributed by atoms with Crippen LogP contribution in [0.4, 0.5) is 0 Å². The molecule has 0 fully saturated rings. The Bertz CT molecular complexity index is 561. The molecule has 0 aromatic heterocycles. The van der Waals surface area contributed by atoms with Crippen molar-refractivity contribution in [2.45, 2.75) is 33.2 Å². The maximum Gasteiger partial charge on any atom is 0.0710 e. The van der Waals surface area contributed by atoms with Gasteiger partial charge in [-0.15, -0.1) is 0 Å². The summed E-state index contributed by atoms with van der Waals surface area (Å²) in [4.78, 5) is 0. The van der Waals surface area contributed by atoms with Gasteiger partial charge in [0.05, 0.1) is 6.04 Å². The lowest BCUT2D eigenvalue weighted by Crippen LogP contribution is -2.29. The number of nitrogens with two attached hydrogens (primary N) is 1. The minimum absolute atomic E-state index is 0.0470. The molecule has 100 valence electrons. The third kappa shape index (κ3) is 3.03. The van der Waals surface area contributed by atoms with Crippen molar-refractivity contribution < 1.29 is 0 Å². The molecule has 0 bridgehead atoms. The number of nitrogens with one attached hydrogen (secondary N) is 1. The van der Waals surface area contributed by atoms with Crippen molar-refractivity contribution in [3.63, 3.8) is 0 Å². The van der Waals surface area contributed by atoms with Crippen LogP contribution < -0.4 is 11.3 Å². The van der Waals surface area contributed by atoms with Crippen molar-refractivity contribution in [3.05, 3.63) is 70.3 Å². The lowest BCUT2D eigenvalue weighted by atomic mass is 9.95. The number of rotatable bonds is 4. The Kier molecular flexibility index (Phi) is 4.35. The van der Waals surface area contributed by atoms with Crippen LogP contribution >= 0.6 is 0 Å². The van der Waals surface area contributed by atoms with Gasteiger partial charge in [-0.05, 0) is 48.1 Å². The van der Waals surface area contributed by atoms with Gasteiger partial charge < -0.3 is 0 Å². The number of hydrazine groups is 1. The molecule has 2 heteroatoms. The summed E-state index contributed by atoms with van der Waals surface area (Å²) in [7, 11) is 0. The molecule has 3 N–H and O–H groups in total. The normalized spacial score (nSPS) is 12.4. The molecule has 2 nitrogen and oxygen atoms in total. The molecular formula is C17H22N2. The van der Waals surface area contributed by atoms with E-state index in [4.69, 9.17) is 5.84 Å². The van der Waals surface area contributed by atoms with Gasteiger partial charge >= 0.3 is 0 Å². The molecule has 0 amide bonds. The lowest BCUT2D eigenvalue weighted by Gasteiger charge is -2.18. The lowest BCUT2D eigenvalue weighted by molar-refractivity contribution is 0.635. The van der Waals surface area contributed by atoms with Crippen molar-refractivity contribution in [3.8, 4) is 0 Å². The first kappa shape index (κ1) is 13.8. The highest BCUT2D eigenvalue weighted by Crippen LogP contribution is 2.24. The Hall–Kier alpha value is -1.64. The summed E-state index contributed by atoms with van der Waals surface area (Å²) >= 11 is 0. The molecule has 2 rings (SSSR count). The first-order valence-electron chi connectivity index (χ1n) is 6.77. The summed E-state index contributed by atoms with van der Waals surface area (Å²) < 4.78 is 0. The monoisotopic (exact) mass is 254 g/mol. The zero-order valence-electron chi connectivity index (χ0n) is 11.9. The molecule has 0 aliphatic heterocycles. The molecule has 19 heavy (non-hydrogen) atoms. The largest absolute Gasteiger partial charge is 0.271 e. The van der Waals surface area contributed by atoms with Gasteiger partial charge in [-0.1, -0.05) is 49.4 Å². The van der Waals surface area contributed by atoms with Gasteiger partial charge in [-0.2, -0.15) is 0 Å². The second-order valence-corrected chi connectivity index (χ2v) is 5.04. The van der Waals surface area contributed by atoms with Crippen LogP contribution in [0.1, 0.15) is 40.8 Å². The van der Waals surface area contributed by atoms with E-state index in [2.05, 4.69) is 68.7 Å². The third-order valence-electron chi connectivity index (χ3n) is 3.72. The van der Waals surface area contributed by atoms with Crippen LogP contribution in [0.5, 0.6) is 0 Å². The fourth-order valence-corrected chi connectivity index (χ4v) is 2.32. The van der Waals surface area contributed by atoms with Crippen molar-refractivity contribution in [1.82, 2.24) is 5.43 Å². The standard InChI is InChI=1S/C17H22N2/c1-4-14-6-5-7-15(11-14)17(19-18)16-9-8-12(2)13(3)10-16/h5-11,17,19H,4,18H2,1-3H3. The predicted molar refractivity (Wildman–Crippen MR) is 80.9 cm³/mol. The second kappa shape index (κ2) is 6.00. The minimum Gasteiger partial charge on any atom is -0.271 e. The van der Waals surface area contributed by atoms with E-state index < -0.39 is 0 Å². The van der Waals surface area contributed by atoms with Crippen molar-refractivity contribution >= 4 is 0 Å². The fourth-order valence-electron chi connectivity index (χ4n) is 2.32. The van der Waals surface area contributed by atoms with Crippen molar-refractivity contribution in [2.24, 2.45) is 5.84 Å². The summed E-state index contributed by atoms with van der Waals surface area (Å²) in [6, 6.07) is 15.1. The molecule has 1 atom stereocenters. The number of hydrogen-bond donors (Lipinski definition) is 2.